The van der Waals surface area contributed by atoms with E-state index in [9.17, 15) is 4.79 Å². The summed E-state index contributed by atoms with van der Waals surface area (Å²) in [7, 11) is 0. The highest BCUT2D eigenvalue weighted by atomic mass is 16.1. The lowest BCUT2D eigenvalue weighted by Crippen LogP contribution is -2.26. The van der Waals surface area contributed by atoms with E-state index < -0.39 is 0 Å². The SMILES string of the molecule is O=c1[nH]c(N2CCC(CNc3ccccn3)C2)nc2[nH]ncc12. The van der Waals surface area contributed by atoms with Gasteiger partial charge in [0.1, 0.15) is 11.2 Å². The number of H-pyrrole nitrogens is 2. The minimum atomic E-state index is -0.159. The minimum Gasteiger partial charge on any atom is -0.370 e. The van der Waals surface area contributed by atoms with Crippen molar-refractivity contribution in [1.29, 1.82) is 0 Å². The monoisotopic (exact) mass is 311 g/mol. The van der Waals surface area contributed by atoms with Gasteiger partial charge in [-0.3, -0.25) is 14.9 Å². The summed E-state index contributed by atoms with van der Waals surface area (Å²) in [6.45, 7) is 2.57. The maximum Gasteiger partial charge on any atom is 0.263 e. The van der Waals surface area contributed by atoms with Crippen LogP contribution in [0.2, 0.25) is 0 Å². The average molecular weight is 311 g/mol. The minimum absolute atomic E-state index is 0.159. The molecule has 1 atom stereocenters. The fourth-order valence-corrected chi connectivity index (χ4v) is 2.89. The number of nitrogens with one attached hydrogen (secondary N) is 3. The van der Waals surface area contributed by atoms with Gasteiger partial charge < -0.3 is 10.2 Å². The van der Waals surface area contributed by atoms with E-state index in [2.05, 4.69) is 35.4 Å². The Hall–Kier alpha value is -2.90. The van der Waals surface area contributed by atoms with Crippen molar-refractivity contribution in [3.8, 4) is 0 Å². The van der Waals surface area contributed by atoms with Crippen molar-refractivity contribution in [2.24, 2.45) is 5.92 Å². The quantitative estimate of drug-likeness (QED) is 0.664. The third kappa shape index (κ3) is 2.75. The van der Waals surface area contributed by atoms with Crippen LogP contribution < -0.4 is 15.8 Å². The Morgan fingerprint density at radius 1 is 1.39 bits per heavy atom. The molecule has 1 saturated heterocycles. The first-order valence-corrected chi connectivity index (χ1v) is 7.63. The molecule has 0 aliphatic carbocycles. The maximum atomic E-state index is 12.0. The molecule has 0 bridgehead atoms. The van der Waals surface area contributed by atoms with E-state index in [-0.39, 0.29) is 5.56 Å². The molecule has 0 saturated carbocycles. The van der Waals surface area contributed by atoms with Crippen LogP contribution in [0.15, 0.2) is 35.4 Å². The number of pyridine rings is 1. The summed E-state index contributed by atoms with van der Waals surface area (Å²) in [6, 6.07) is 5.82. The van der Waals surface area contributed by atoms with Crippen LogP contribution >= 0.6 is 0 Å². The second-order valence-electron chi connectivity index (χ2n) is 5.72. The van der Waals surface area contributed by atoms with Gasteiger partial charge in [-0.15, -0.1) is 0 Å². The summed E-state index contributed by atoms with van der Waals surface area (Å²) in [5.74, 6) is 1.98. The van der Waals surface area contributed by atoms with Crippen LogP contribution in [0.25, 0.3) is 11.0 Å². The van der Waals surface area contributed by atoms with Crippen molar-refractivity contribution in [3.05, 3.63) is 40.9 Å². The molecule has 23 heavy (non-hydrogen) atoms. The second-order valence-corrected chi connectivity index (χ2v) is 5.72. The van der Waals surface area contributed by atoms with Crippen LogP contribution in [-0.4, -0.2) is 44.8 Å². The molecule has 0 spiro atoms. The molecule has 1 fully saturated rings. The zero-order valence-electron chi connectivity index (χ0n) is 12.5. The fraction of sp³-hybridized carbons (Fsp3) is 0.333. The molecule has 118 valence electrons. The molecule has 0 amide bonds. The number of aromatic nitrogens is 5. The summed E-state index contributed by atoms with van der Waals surface area (Å²) in [6.07, 6.45) is 4.32. The van der Waals surface area contributed by atoms with Crippen molar-refractivity contribution in [3.63, 3.8) is 0 Å². The smallest absolute Gasteiger partial charge is 0.263 e. The number of fused-ring (bicyclic) bond motifs is 1. The standard InChI is InChI=1S/C15H17N7O/c23-14-11-8-18-21-13(11)19-15(20-14)22-6-4-10(9-22)7-17-12-3-1-2-5-16-12/h1-3,5,8,10H,4,6-7,9H2,(H,16,17)(H2,18,19,20,21,23). The van der Waals surface area contributed by atoms with Gasteiger partial charge in [-0.25, -0.2) is 4.98 Å². The normalized spacial score (nSPS) is 17.7. The van der Waals surface area contributed by atoms with Gasteiger partial charge >= 0.3 is 0 Å². The van der Waals surface area contributed by atoms with E-state index in [0.29, 0.717) is 22.9 Å². The third-order valence-corrected chi connectivity index (χ3v) is 4.13. The van der Waals surface area contributed by atoms with Gasteiger partial charge in [0.2, 0.25) is 5.95 Å². The zero-order valence-corrected chi connectivity index (χ0v) is 12.5. The van der Waals surface area contributed by atoms with Crippen LogP contribution in [0, 0.1) is 5.92 Å². The lowest BCUT2D eigenvalue weighted by atomic mass is 10.1. The van der Waals surface area contributed by atoms with Crippen molar-refractivity contribution < 1.29 is 0 Å². The van der Waals surface area contributed by atoms with E-state index in [1.165, 1.54) is 6.20 Å². The average Bonchev–Trinajstić information content (AvgIpc) is 3.23. The highest BCUT2D eigenvalue weighted by Gasteiger charge is 2.24. The van der Waals surface area contributed by atoms with Gasteiger partial charge in [-0.1, -0.05) is 6.07 Å². The van der Waals surface area contributed by atoms with E-state index in [1.54, 1.807) is 6.20 Å². The van der Waals surface area contributed by atoms with Crippen LogP contribution in [0.1, 0.15) is 6.42 Å². The molecule has 1 aliphatic rings. The molecular formula is C15H17N7O. The summed E-state index contributed by atoms with van der Waals surface area (Å²) in [5.41, 5.74) is 0.368. The molecule has 3 N–H and O–H groups in total. The Bertz CT molecular complexity index is 857. The lowest BCUT2D eigenvalue weighted by Gasteiger charge is -2.17. The van der Waals surface area contributed by atoms with Gasteiger partial charge in [-0.05, 0) is 24.5 Å². The molecule has 8 nitrogen and oxygen atoms in total. The second kappa shape index (κ2) is 5.71. The number of hydrogen-bond donors (Lipinski definition) is 3. The molecule has 8 heteroatoms. The zero-order chi connectivity index (χ0) is 15.6. The molecule has 3 aromatic heterocycles. The van der Waals surface area contributed by atoms with Gasteiger partial charge in [-0.2, -0.15) is 10.1 Å². The first-order valence-electron chi connectivity index (χ1n) is 7.63. The molecular weight excluding hydrogens is 294 g/mol. The van der Waals surface area contributed by atoms with Crippen LogP contribution in [-0.2, 0) is 0 Å². The predicted molar refractivity (Wildman–Crippen MR) is 87.6 cm³/mol. The number of hydrogen-bond acceptors (Lipinski definition) is 6. The number of rotatable bonds is 4. The lowest BCUT2D eigenvalue weighted by molar-refractivity contribution is 0.620. The Morgan fingerprint density at radius 2 is 2.35 bits per heavy atom. The Morgan fingerprint density at radius 3 is 3.22 bits per heavy atom. The van der Waals surface area contributed by atoms with E-state index >= 15 is 0 Å². The van der Waals surface area contributed by atoms with Gasteiger partial charge in [0.05, 0.1) is 6.20 Å². The van der Waals surface area contributed by atoms with Crippen molar-refractivity contribution in [2.45, 2.75) is 6.42 Å². The van der Waals surface area contributed by atoms with Crippen molar-refractivity contribution in [2.75, 3.05) is 29.9 Å². The summed E-state index contributed by atoms with van der Waals surface area (Å²) in [4.78, 5) is 25.7. The Kier molecular flexibility index (Phi) is 3.41. The molecule has 3 aromatic rings. The van der Waals surface area contributed by atoms with E-state index in [1.807, 2.05) is 18.2 Å². The van der Waals surface area contributed by atoms with Crippen LogP contribution in [0.4, 0.5) is 11.8 Å². The van der Waals surface area contributed by atoms with Gasteiger partial charge in [0.15, 0.2) is 5.65 Å². The molecule has 4 rings (SSSR count). The van der Waals surface area contributed by atoms with E-state index in [0.717, 1.165) is 31.9 Å². The summed E-state index contributed by atoms with van der Waals surface area (Å²) >= 11 is 0. The highest BCUT2D eigenvalue weighted by Crippen LogP contribution is 2.21. The molecule has 0 radical (unpaired) electrons. The molecule has 1 aliphatic heterocycles. The van der Waals surface area contributed by atoms with Crippen LogP contribution in [0.5, 0.6) is 0 Å². The van der Waals surface area contributed by atoms with Gasteiger partial charge in [0, 0.05) is 25.8 Å². The first kappa shape index (κ1) is 13.7. The summed E-state index contributed by atoms with van der Waals surface area (Å²) < 4.78 is 0. The number of aromatic amines is 2. The summed E-state index contributed by atoms with van der Waals surface area (Å²) in [5, 5.41) is 10.5. The highest BCUT2D eigenvalue weighted by molar-refractivity contribution is 5.73. The maximum absolute atomic E-state index is 12.0. The van der Waals surface area contributed by atoms with E-state index in [4.69, 9.17) is 0 Å². The third-order valence-electron chi connectivity index (χ3n) is 4.13. The first-order chi connectivity index (χ1) is 11.3. The Labute approximate surface area is 132 Å². The largest absolute Gasteiger partial charge is 0.370 e. The van der Waals surface area contributed by atoms with Gasteiger partial charge in [0.25, 0.3) is 5.56 Å². The molecule has 4 heterocycles. The Balaban J connectivity index is 1.44. The number of anilines is 2. The van der Waals surface area contributed by atoms with Crippen molar-refractivity contribution in [1.82, 2.24) is 25.1 Å². The van der Waals surface area contributed by atoms with Crippen molar-refractivity contribution >= 4 is 22.8 Å². The molecule has 0 aromatic carbocycles. The fourth-order valence-electron chi connectivity index (χ4n) is 2.89. The molecule has 1 unspecified atom stereocenters. The predicted octanol–water partition coefficient (Wildman–Crippen LogP) is 0.980. The van der Waals surface area contributed by atoms with Crippen LogP contribution in [0.3, 0.4) is 0 Å². The number of nitrogens with zero attached hydrogens (tertiary/aromatic N) is 4. The topological polar surface area (TPSA) is 103 Å².